The van der Waals surface area contributed by atoms with Crippen LogP contribution in [0.25, 0.3) is 0 Å². The second kappa shape index (κ2) is 14.2. The summed E-state index contributed by atoms with van der Waals surface area (Å²) in [6.45, 7) is 1.84. The first kappa shape index (κ1) is 18.4. The van der Waals surface area contributed by atoms with E-state index in [1.807, 2.05) is 14.0 Å². The van der Waals surface area contributed by atoms with E-state index >= 15 is 0 Å². The molecule has 64 valence electrons. The average molecular weight is 537 g/mol. The van der Waals surface area contributed by atoms with E-state index in [4.69, 9.17) is 0 Å². The van der Waals surface area contributed by atoms with E-state index in [1.165, 1.54) is 0 Å². The predicted molar refractivity (Wildman–Crippen MR) is 76.1 cm³/mol. The number of thiocarbonyl (C=S) groups is 1. The molecule has 0 bridgehead atoms. The normalized spacial score (nSPS) is 7.00. The molecular formula is C4H11I3NSV. The molecule has 0 atom stereocenters. The third kappa shape index (κ3) is 45.8. The Morgan fingerprint density at radius 2 is 1.50 bits per heavy atom. The standard InChI is InChI=1S/C3H7NS.CH4.3HI.V/c1-3(5)4-2;;;;;/h1-2H3,(H,4,5);1H4;3*1H;/q;;;;;+3/p-3. The Labute approximate surface area is 107 Å². The van der Waals surface area contributed by atoms with Gasteiger partial charge in [-0.2, -0.15) is 0 Å². The molecule has 0 aliphatic rings. The summed E-state index contributed by atoms with van der Waals surface area (Å²) in [7, 11) is 1.81. The fourth-order valence-electron chi connectivity index (χ4n) is 0. The molecule has 10 heavy (non-hydrogen) atoms. The van der Waals surface area contributed by atoms with Crippen LogP contribution in [-0.2, 0) is 4.92 Å². The van der Waals surface area contributed by atoms with Gasteiger partial charge in [0.15, 0.2) is 0 Å². The molecule has 0 saturated carbocycles. The molecule has 0 aromatic carbocycles. The zero-order valence-corrected chi connectivity index (χ0v) is 13.7. The molecular weight excluding hydrogens is 526 g/mol. The van der Waals surface area contributed by atoms with E-state index in [0.717, 1.165) is 4.99 Å². The fourth-order valence-corrected chi connectivity index (χ4v) is 0. The van der Waals surface area contributed by atoms with Crippen LogP contribution in [0.5, 0.6) is 0 Å². The minimum atomic E-state index is -0.278. The quantitative estimate of drug-likeness (QED) is 0.373. The summed E-state index contributed by atoms with van der Waals surface area (Å²) in [5.41, 5.74) is 0. The molecule has 0 fully saturated rings. The molecule has 0 rings (SSSR count). The van der Waals surface area contributed by atoms with Gasteiger partial charge in [-0.25, -0.2) is 0 Å². The number of hydrogen-bond donors (Lipinski definition) is 1. The molecule has 0 saturated heterocycles. The molecule has 1 N–H and O–H groups in total. The molecule has 0 aromatic heterocycles. The van der Waals surface area contributed by atoms with Crippen molar-refractivity contribution in [3.05, 3.63) is 0 Å². The van der Waals surface area contributed by atoms with Gasteiger partial charge >= 0.3 is 64.9 Å². The van der Waals surface area contributed by atoms with E-state index in [9.17, 15) is 0 Å². The van der Waals surface area contributed by atoms with E-state index in [2.05, 4.69) is 77.5 Å². The van der Waals surface area contributed by atoms with E-state index in [1.54, 1.807) is 0 Å². The van der Waals surface area contributed by atoms with Gasteiger partial charge in [0, 0.05) is 7.05 Å². The average Bonchev–Trinajstić information content (AvgIpc) is 1.65. The van der Waals surface area contributed by atoms with Crippen LogP contribution in [0.2, 0.25) is 0 Å². The van der Waals surface area contributed by atoms with Gasteiger partial charge in [-0.1, -0.05) is 19.6 Å². The zero-order valence-electron chi connectivity index (χ0n) is 4.99. The van der Waals surface area contributed by atoms with Crippen LogP contribution in [0.1, 0.15) is 14.4 Å². The fraction of sp³-hybridized carbons (Fsp3) is 0.750. The Hall–Kier alpha value is 2.66. The van der Waals surface area contributed by atoms with Crippen molar-refractivity contribution < 1.29 is 4.92 Å². The summed E-state index contributed by atoms with van der Waals surface area (Å²) < 4.78 is 0. The van der Waals surface area contributed by atoms with Gasteiger partial charge in [0.2, 0.25) is 0 Å². The molecule has 0 unspecified atom stereocenters. The Kier molecular flexibility index (Phi) is 26.2. The first-order chi connectivity index (χ1) is 4.00. The van der Waals surface area contributed by atoms with Crippen LogP contribution in [0.15, 0.2) is 0 Å². The van der Waals surface area contributed by atoms with E-state index in [0.29, 0.717) is 0 Å². The third-order valence-corrected chi connectivity index (χ3v) is 0.556. The van der Waals surface area contributed by atoms with Gasteiger partial charge in [0.25, 0.3) is 0 Å². The number of halogens is 3. The third-order valence-electron chi connectivity index (χ3n) is 0.352. The Morgan fingerprint density at radius 1 is 1.40 bits per heavy atom. The van der Waals surface area contributed by atoms with Crippen molar-refractivity contribution in [2.45, 2.75) is 14.4 Å². The van der Waals surface area contributed by atoms with Crippen molar-refractivity contribution in [3.8, 4) is 0 Å². The van der Waals surface area contributed by atoms with Gasteiger partial charge in [-0.3, -0.25) is 0 Å². The van der Waals surface area contributed by atoms with E-state index in [-0.39, 0.29) is 12.3 Å². The van der Waals surface area contributed by atoms with E-state index < -0.39 is 0 Å². The molecule has 0 aromatic rings. The Bertz CT molecular complexity index is 78.1. The van der Waals surface area contributed by atoms with Crippen molar-refractivity contribution >= 4 is 77.1 Å². The van der Waals surface area contributed by atoms with Crippen molar-refractivity contribution in [1.29, 1.82) is 0 Å². The van der Waals surface area contributed by atoms with Crippen LogP contribution in [0.4, 0.5) is 0 Å². The summed E-state index contributed by atoms with van der Waals surface area (Å²) in [6.07, 6.45) is 0. The number of rotatable bonds is 0. The maximum atomic E-state index is 4.59. The van der Waals surface area contributed by atoms with Gasteiger partial charge < -0.3 is 5.32 Å². The van der Waals surface area contributed by atoms with Crippen LogP contribution >= 0.6 is 72.2 Å². The van der Waals surface area contributed by atoms with Crippen molar-refractivity contribution in [1.82, 2.24) is 5.32 Å². The van der Waals surface area contributed by atoms with Crippen LogP contribution in [0.3, 0.4) is 0 Å². The predicted octanol–water partition coefficient (Wildman–Crippen LogP) is 3.84. The molecule has 0 amide bonds. The Morgan fingerprint density at radius 3 is 1.50 bits per heavy atom. The summed E-state index contributed by atoms with van der Waals surface area (Å²) in [5.74, 6) is 0. The first-order valence-corrected chi connectivity index (χ1v) is 15.9. The van der Waals surface area contributed by atoms with Crippen molar-refractivity contribution in [2.75, 3.05) is 7.05 Å². The molecule has 0 heterocycles. The monoisotopic (exact) mass is 537 g/mol. The van der Waals surface area contributed by atoms with Crippen LogP contribution in [-0.4, -0.2) is 12.0 Å². The summed E-state index contributed by atoms with van der Waals surface area (Å²) in [6, 6.07) is 0. The van der Waals surface area contributed by atoms with Gasteiger partial charge in [0.05, 0.1) is 4.99 Å². The molecule has 0 radical (unpaired) electrons. The second-order valence-electron chi connectivity index (χ2n) is 0.998. The molecule has 0 aliphatic heterocycles. The number of hydrogen-bond acceptors (Lipinski definition) is 1. The molecule has 0 aliphatic carbocycles. The Balaban J connectivity index is -0.0000000910. The van der Waals surface area contributed by atoms with Gasteiger partial charge in [0.1, 0.15) is 0 Å². The second-order valence-corrected chi connectivity index (χ2v) is 37.0. The van der Waals surface area contributed by atoms with Crippen LogP contribution in [0, 0.1) is 0 Å². The maximum absolute atomic E-state index is 4.59. The van der Waals surface area contributed by atoms with Gasteiger partial charge in [-0.05, 0) is 6.92 Å². The summed E-state index contributed by atoms with van der Waals surface area (Å²) >= 11 is 12.0. The summed E-state index contributed by atoms with van der Waals surface area (Å²) in [4.78, 5) is 0.560. The minimum absolute atomic E-state index is 0. The number of nitrogens with one attached hydrogen (secondary N) is 1. The zero-order chi connectivity index (χ0) is 7.86. The van der Waals surface area contributed by atoms with Crippen LogP contribution < -0.4 is 5.32 Å². The first-order valence-electron chi connectivity index (χ1n) is 1.96. The van der Waals surface area contributed by atoms with Crippen molar-refractivity contribution in [2.24, 2.45) is 0 Å². The van der Waals surface area contributed by atoms with Crippen molar-refractivity contribution in [3.63, 3.8) is 0 Å². The molecule has 6 heteroatoms. The molecule has 0 spiro atoms. The summed E-state index contributed by atoms with van der Waals surface area (Å²) in [5, 5.41) is 2.76. The topological polar surface area (TPSA) is 12.0 Å². The molecule has 1 nitrogen and oxygen atoms in total. The van der Waals surface area contributed by atoms with Gasteiger partial charge in [-0.15, -0.1) is 0 Å². The SMILES string of the molecule is C.CNC(C)=S.[I][V]([I])[I].